The SMILES string of the molecule is COCCCN1C(=O)N(Cc2ccccn2)C(=O)C12CCN(Cc1ccc(O)cc1)CC2. The third-order valence-electron chi connectivity index (χ3n) is 6.42. The monoisotopic (exact) mass is 438 g/mol. The molecule has 2 aliphatic heterocycles. The second kappa shape index (κ2) is 9.67. The molecule has 0 bridgehead atoms. The van der Waals surface area contributed by atoms with Gasteiger partial charge in [-0.1, -0.05) is 18.2 Å². The molecule has 1 N–H and O–H groups in total. The van der Waals surface area contributed by atoms with E-state index in [0.717, 1.165) is 25.2 Å². The lowest BCUT2D eigenvalue weighted by Crippen LogP contribution is -2.56. The minimum Gasteiger partial charge on any atom is -0.508 e. The summed E-state index contributed by atoms with van der Waals surface area (Å²) in [6, 6.07) is 12.5. The molecule has 4 rings (SSSR count). The molecule has 1 spiro atoms. The number of aromatic hydroxyl groups is 1. The number of carbonyl (C=O) groups is 2. The quantitative estimate of drug-likeness (QED) is 0.504. The van der Waals surface area contributed by atoms with Crippen LogP contribution in [0.3, 0.4) is 0 Å². The predicted octanol–water partition coefficient (Wildman–Crippen LogP) is 2.62. The Bertz CT molecular complexity index is 927. The first-order valence-electron chi connectivity index (χ1n) is 11.1. The van der Waals surface area contributed by atoms with E-state index in [2.05, 4.69) is 9.88 Å². The molecule has 1 aromatic carbocycles. The Hall–Kier alpha value is -2.97. The molecule has 2 aromatic rings. The molecule has 8 heteroatoms. The van der Waals surface area contributed by atoms with E-state index in [-0.39, 0.29) is 24.2 Å². The zero-order valence-electron chi connectivity index (χ0n) is 18.4. The summed E-state index contributed by atoms with van der Waals surface area (Å²) in [5, 5.41) is 9.50. The van der Waals surface area contributed by atoms with Gasteiger partial charge in [-0.3, -0.25) is 19.6 Å². The molecule has 0 atom stereocenters. The molecule has 0 unspecified atom stereocenters. The first-order chi connectivity index (χ1) is 15.5. The molecule has 3 amide bonds. The van der Waals surface area contributed by atoms with Gasteiger partial charge in [-0.25, -0.2) is 4.79 Å². The molecule has 8 nitrogen and oxygen atoms in total. The molecule has 32 heavy (non-hydrogen) atoms. The van der Waals surface area contributed by atoms with Crippen LogP contribution in [-0.2, 0) is 22.6 Å². The van der Waals surface area contributed by atoms with Gasteiger partial charge in [0, 0.05) is 46.1 Å². The van der Waals surface area contributed by atoms with E-state index in [1.807, 2.05) is 30.3 Å². The van der Waals surface area contributed by atoms with Gasteiger partial charge in [0.25, 0.3) is 5.91 Å². The highest BCUT2D eigenvalue weighted by Gasteiger charge is 2.57. The van der Waals surface area contributed by atoms with Crippen LogP contribution in [0.1, 0.15) is 30.5 Å². The van der Waals surface area contributed by atoms with E-state index >= 15 is 0 Å². The van der Waals surface area contributed by atoms with Crippen molar-refractivity contribution in [3.05, 3.63) is 59.9 Å². The number of carbonyl (C=O) groups excluding carboxylic acids is 2. The van der Waals surface area contributed by atoms with Gasteiger partial charge in [-0.15, -0.1) is 0 Å². The number of piperidine rings is 1. The van der Waals surface area contributed by atoms with Crippen molar-refractivity contribution in [2.24, 2.45) is 0 Å². The summed E-state index contributed by atoms with van der Waals surface area (Å²) in [4.78, 5) is 36.7. The first kappa shape index (κ1) is 22.2. The minimum absolute atomic E-state index is 0.116. The van der Waals surface area contributed by atoms with Crippen molar-refractivity contribution in [3.8, 4) is 5.75 Å². The Morgan fingerprint density at radius 2 is 1.81 bits per heavy atom. The fraction of sp³-hybridized carbons (Fsp3) is 0.458. The Morgan fingerprint density at radius 3 is 2.47 bits per heavy atom. The van der Waals surface area contributed by atoms with Crippen LogP contribution in [0.15, 0.2) is 48.7 Å². The molecule has 2 fully saturated rings. The number of hydrogen-bond acceptors (Lipinski definition) is 6. The maximum Gasteiger partial charge on any atom is 0.328 e. The smallest absolute Gasteiger partial charge is 0.328 e. The fourth-order valence-electron chi connectivity index (χ4n) is 4.68. The molecule has 170 valence electrons. The van der Waals surface area contributed by atoms with Crippen molar-refractivity contribution < 1.29 is 19.4 Å². The number of rotatable bonds is 8. The number of amides is 3. The molecule has 1 aromatic heterocycles. The largest absolute Gasteiger partial charge is 0.508 e. The highest BCUT2D eigenvalue weighted by Crippen LogP contribution is 2.38. The van der Waals surface area contributed by atoms with Gasteiger partial charge in [0.05, 0.1) is 12.2 Å². The molecular weight excluding hydrogens is 408 g/mol. The van der Waals surface area contributed by atoms with Crippen molar-refractivity contribution in [1.82, 2.24) is 19.7 Å². The topological polar surface area (TPSA) is 86.2 Å². The molecule has 2 aliphatic rings. The number of likely N-dealkylation sites (tertiary alicyclic amines) is 1. The number of hydrogen-bond donors (Lipinski definition) is 1. The second-order valence-electron chi connectivity index (χ2n) is 8.47. The first-order valence-corrected chi connectivity index (χ1v) is 11.1. The number of phenols is 1. The number of ether oxygens (including phenoxy) is 1. The third-order valence-corrected chi connectivity index (χ3v) is 6.42. The van der Waals surface area contributed by atoms with E-state index in [1.54, 1.807) is 30.3 Å². The van der Waals surface area contributed by atoms with Crippen LogP contribution in [-0.4, -0.2) is 75.6 Å². The predicted molar refractivity (Wildman–Crippen MR) is 119 cm³/mol. The number of benzene rings is 1. The lowest BCUT2D eigenvalue weighted by atomic mass is 9.85. The number of phenolic OH excluding ortho intramolecular Hbond substituents is 1. The summed E-state index contributed by atoms with van der Waals surface area (Å²) in [6.07, 6.45) is 3.56. The van der Waals surface area contributed by atoms with E-state index in [1.165, 1.54) is 4.90 Å². The number of urea groups is 1. The Labute approximate surface area is 188 Å². The normalized spacial score (nSPS) is 18.7. The van der Waals surface area contributed by atoms with Gasteiger partial charge < -0.3 is 14.7 Å². The Balaban J connectivity index is 1.49. The van der Waals surface area contributed by atoms with Gasteiger partial charge in [-0.2, -0.15) is 0 Å². The van der Waals surface area contributed by atoms with Crippen LogP contribution in [0, 0.1) is 0 Å². The van der Waals surface area contributed by atoms with E-state index < -0.39 is 5.54 Å². The summed E-state index contributed by atoms with van der Waals surface area (Å²) in [5.74, 6) is 0.135. The average molecular weight is 439 g/mol. The van der Waals surface area contributed by atoms with Crippen molar-refractivity contribution in [3.63, 3.8) is 0 Å². The van der Waals surface area contributed by atoms with Crippen molar-refractivity contribution in [2.45, 2.75) is 37.9 Å². The van der Waals surface area contributed by atoms with Gasteiger partial charge in [0.15, 0.2) is 0 Å². The number of pyridine rings is 1. The van der Waals surface area contributed by atoms with Gasteiger partial charge in [0.1, 0.15) is 11.3 Å². The zero-order chi connectivity index (χ0) is 22.6. The molecular formula is C24H30N4O4. The highest BCUT2D eigenvalue weighted by molar-refractivity contribution is 6.07. The summed E-state index contributed by atoms with van der Waals surface area (Å²) < 4.78 is 5.18. The van der Waals surface area contributed by atoms with Gasteiger partial charge in [-0.05, 0) is 49.1 Å². The molecule has 0 aliphatic carbocycles. The summed E-state index contributed by atoms with van der Waals surface area (Å²) in [5.41, 5.74) is 1.01. The van der Waals surface area contributed by atoms with Crippen LogP contribution in [0.25, 0.3) is 0 Å². The van der Waals surface area contributed by atoms with Crippen molar-refractivity contribution in [1.29, 1.82) is 0 Å². The highest BCUT2D eigenvalue weighted by atomic mass is 16.5. The number of nitrogens with zero attached hydrogens (tertiary/aromatic N) is 4. The van der Waals surface area contributed by atoms with Gasteiger partial charge in [0.2, 0.25) is 0 Å². The van der Waals surface area contributed by atoms with Crippen LogP contribution in [0.4, 0.5) is 4.79 Å². The Kier molecular flexibility index (Phi) is 6.72. The van der Waals surface area contributed by atoms with Crippen LogP contribution in [0.2, 0.25) is 0 Å². The van der Waals surface area contributed by atoms with Gasteiger partial charge >= 0.3 is 6.03 Å². The average Bonchev–Trinajstić information content (AvgIpc) is 2.99. The van der Waals surface area contributed by atoms with Crippen LogP contribution in [0.5, 0.6) is 5.75 Å². The summed E-state index contributed by atoms with van der Waals surface area (Å²) in [7, 11) is 1.64. The second-order valence-corrected chi connectivity index (χ2v) is 8.47. The van der Waals surface area contributed by atoms with E-state index in [4.69, 9.17) is 4.74 Å². The minimum atomic E-state index is -0.801. The molecule has 2 saturated heterocycles. The van der Waals surface area contributed by atoms with Crippen molar-refractivity contribution in [2.75, 3.05) is 33.4 Å². The van der Waals surface area contributed by atoms with Crippen LogP contribution < -0.4 is 0 Å². The summed E-state index contributed by atoms with van der Waals surface area (Å²) in [6.45, 7) is 3.42. The van der Waals surface area contributed by atoms with Crippen molar-refractivity contribution >= 4 is 11.9 Å². The maximum absolute atomic E-state index is 13.6. The molecule has 0 radical (unpaired) electrons. The fourth-order valence-corrected chi connectivity index (χ4v) is 4.68. The number of aromatic nitrogens is 1. The molecule has 3 heterocycles. The zero-order valence-corrected chi connectivity index (χ0v) is 18.4. The number of methoxy groups -OCH3 is 1. The third kappa shape index (κ3) is 4.47. The summed E-state index contributed by atoms with van der Waals surface area (Å²) >= 11 is 0. The standard InChI is InChI=1S/C24H30N4O4/c1-32-16-4-13-28-23(31)27(18-20-5-2-3-12-25-20)22(30)24(28)10-14-26(15-11-24)17-19-6-8-21(29)9-7-19/h2-3,5-9,12,29H,4,10-11,13-18H2,1H3. The van der Waals surface area contributed by atoms with E-state index in [9.17, 15) is 14.7 Å². The number of imide groups is 1. The molecule has 0 saturated carbocycles. The lowest BCUT2D eigenvalue weighted by Gasteiger charge is -2.42. The van der Waals surface area contributed by atoms with Crippen LogP contribution >= 0.6 is 0 Å². The maximum atomic E-state index is 13.6. The van der Waals surface area contributed by atoms with E-state index in [0.29, 0.717) is 38.1 Å². The Morgan fingerprint density at radius 1 is 1.06 bits per heavy atom. The lowest BCUT2D eigenvalue weighted by molar-refractivity contribution is -0.136.